The van der Waals surface area contributed by atoms with Crippen molar-refractivity contribution in [3.05, 3.63) is 33.8 Å². The molecule has 1 saturated heterocycles. The van der Waals surface area contributed by atoms with Gasteiger partial charge in [0.05, 0.1) is 10.6 Å². The van der Waals surface area contributed by atoms with Crippen LogP contribution in [0.25, 0.3) is 0 Å². The van der Waals surface area contributed by atoms with Crippen molar-refractivity contribution in [2.24, 2.45) is 0 Å². The molecule has 0 spiro atoms. The Morgan fingerprint density at radius 1 is 1.19 bits per heavy atom. The van der Waals surface area contributed by atoms with Crippen molar-refractivity contribution in [2.45, 2.75) is 32.2 Å². The Morgan fingerprint density at radius 2 is 1.86 bits per heavy atom. The molecule has 0 aromatic heterocycles. The van der Waals surface area contributed by atoms with E-state index in [0.29, 0.717) is 10.6 Å². The number of halogens is 2. The molecule has 0 radical (unpaired) electrons. The SMILES string of the molecule is C[C@@H](NC(=O)c1ccc(Cl)cc1Cl)C(=O)N1CCCCC1. The van der Waals surface area contributed by atoms with Gasteiger partial charge in [-0.3, -0.25) is 9.59 Å². The van der Waals surface area contributed by atoms with Gasteiger partial charge in [0.25, 0.3) is 5.91 Å². The van der Waals surface area contributed by atoms with Crippen molar-refractivity contribution >= 4 is 35.0 Å². The van der Waals surface area contributed by atoms with Gasteiger partial charge in [0.2, 0.25) is 5.91 Å². The van der Waals surface area contributed by atoms with E-state index in [1.54, 1.807) is 24.0 Å². The summed E-state index contributed by atoms with van der Waals surface area (Å²) in [5, 5.41) is 3.44. The number of piperidine rings is 1. The third kappa shape index (κ3) is 4.11. The number of nitrogens with zero attached hydrogens (tertiary/aromatic N) is 1. The average Bonchev–Trinajstić information content (AvgIpc) is 2.47. The molecule has 0 bridgehead atoms. The van der Waals surface area contributed by atoms with Crippen molar-refractivity contribution in [3.8, 4) is 0 Å². The zero-order valence-corrected chi connectivity index (χ0v) is 13.4. The summed E-state index contributed by atoms with van der Waals surface area (Å²) in [6.45, 7) is 3.22. The fourth-order valence-corrected chi connectivity index (χ4v) is 2.89. The van der Waals surface area contributed by atoms with Crippen molar-refractivity contribution < 1.29 is 9.59 Å². The zero-order chi connectivity index (χ0) is 15.4. The molecule has 1 aliphatic rings. The second-order valence-electron chi connectivity index (χ2n) is 5.21. The molecule has 1 aliphatic heterocycles. The van der Waals surface area contributed by atoms with Crippen LogP contribution in [0.1, 0.15) is 36.5 Å². The molecule has 1 N–H and O–H groups in total. The smallest absolute Gasteiger partial charge is 0.253 e. The van der Waals surface area contributed by atoms with Crippen molar-refractivity contribution in [2.75, 3.05) is 13.1 Å². The third-order valence-electron chi connectivity index (χ3n) is 3.56. The van der Waals surface area contributed by atoms with Crippen LogP contribution in [-0.2, 0) is 4.79 Å². The quantitative estimate of drug-likeness (QED) is 0.926. The zero-order valence-electron chi connectivity index (χ0n) is 11.9. The highest BCUT2D eigenvalue weighted by Crippen LogP contribution is 2.21. The molecular weight excluding hydrogens is 311 g/mol. The number of carbonyl (C=O) groups is 2. The largest absolute Gasteiger partial charge is 0.341 e. The lowest BCUT2D eigenvalue weighted by atomic mass is 10.1. The van der Waals surface area contributed by atoms with Gasteiger partial charge in [0.15, 0.2) is 0 Å². The number of likely N-dealkylation sites (tertiary alicyclic amines) is 1. The van der Waals surface area contributed by atoms with E-state index < -0.39 is 6.04 Å². The lowest BCUT2D eigenvalue weighted by Gasteiger charge is -2.29. The Bertz CT molecular complexity index is 542. The van der Waals surface area contributed by atoms with Crippen molar-refractivity contribution in [1.29, 1.82) is 0 Å². The van der Waals surface area contributed by atoms with E-state index in [1.807, 2.05) is 0 Å². The second kappa shape index (κ2) is 7.14. The lowest BCUT2D eigenvalue weighted by Crippen LogP contribution is -2.48. The summed E-state index contributed by atoms with van der Waals surface area (Å²) in [5.41, 5.74) is 0.319. The van der Waals surface area contributed by atoms with Gasteiger partial charge >= 0.3 is 0 Å². The van der Waals surface area contributed by atoms with Crippen LogP contribution < -0.4 is 5.32 Å². The summed E-state index contributed by atoms with van der Waals surface area (Å²) in [6, 6.07) is 4.09. The fourth-order valence-electron chi connectivity index (χ4n) is 2.40. The number of hydrogen-bond donors (Lipinski definition) is 1. The maximum absolute atomic E-state index is 12.3. The first-order valence-electron chi connectivity index (χ1n) is 7.04. The molecule has 1 heterocycles. The van der Waals surface area contributed by atoms with Crippen LogP contribution in [0.2, 0.25) is 10.0 Å². The van der Waals surface area contributed by atoms with Crippen LogP contribution in [0, 0.1) is 0 Å². The maximum Gasteiger partial charge on any atom is 0.253 e. The lowest BCUT2D eigenvalue weighted by molar-refractivity contribution is -0.133. The van der Waals surface area contributed by atoms with Crippen LogP contribution in [-0.4, -0.2) is 35.8 Å². The first-order chi connectivity index (χ1) is 9.99. The summed E-state index contributed by atoms with van der Waals surface area (Å²) in [6.07, 6.45) is 3.20. The second-order valence-corrected chi connectivity index (χ2v) is 6.05. The van der Waals surface area contributed by atoms with E-state index >= 15 is 0 Å². The monoisotopic (exact) mass is 328 g/mol. The Labute approximate surface area is 134 Å². The van der Waals surface area contributed by atoms with E-state index in [9.17, 15) is 9.59 Å². The van der Waals surface area contributed by atoms with E-state index in [1.165, 1.54) is 6.07 Å². The van der Waals surface area contributed by atoms with Gasteiger partial charge in [0.1, 0.15) is 6.04 Å². The van der Waals surface area contributed by atoms with Crippen LogP contribution in [0.5, 0.6) is 0 Å². The predicted octanol–water partition coefficient (Wildman–Crippen LogP) is 3.12. The van der Waals surface area contributed by atoms with Crippen molar-refractivity contribution in [1.82, 2.24) is 10.2 Å². The Hall–Kier alpha value is -1.26. The minimum absolute atomic E-state index is 0.0480. The van der Waals surface area contributed by atoms with Crippen LogP contribution in [0.3, 0.4) is 0 Å². The first kappa shape index (κ1) is 16.1. The summed E-state index contributed by atoms with van der Waals surface area (Å²) in [7, 11) is 0. The highest BCUT2D eigenvalue weighted by Gasteiger charge is 2.24. The van der Waals surface area contributed by atoms with Crippen LogP contribution in [0.15, 0.2) is 18.2 Å². The molecule has 1 fully saturated rings. The van der Waals surface area contributed by atoms with Gasteiger partial charge in [0, 0.05) is 18.1 Å². The average molecular weight is 329 g/mol. The van der Waals surface area contributed by atoms with Gasteiger partial charge in [-0.15, -0.1) is 0 Å². The molecule has 0 unspecified atom stereocenters. The van der Waals surface area contributed by atoms with E-state index in [-0.39, 0.29) is 16.8 Å². The molecule has 114 valence electrons. The van der Waals surface area contributed by atoms with Gasteiger partial charge < -0.3 is 10.2 Å². The number of benzene rings is 1. The molecule has 2 rings (SSSR count). The molecule has 0 saturated carbocycles. The highest BCUT2D eigenvalue weighted by molar-refractivity contribution is 6.36. The Balaban J connectivity index is 1.99. The molecular formula is C15H18Cl2N2O2. The number of amides is 2. The fraction of sp³-hybridized carbons (Fsp3) is 0.467. The topological polar surface area (TPSA) is 49.4 Å². The molecule has 1 aromatic rings. The minimum Gasteiger partial charge on any atom is -0.341 e. The van der Waals surface area contributed by atoms with Gasteiger partial charge in [-0.05, 0) is 44.4 Å². The predicted molar refractivity (Wildman–Crippen MR) is 83.8 cm³/mol. The molecule has 1 atom stereocenters. The summed E-state index contributed by atoms with van der Waals surface area (Å²) in [5.74, 6) is -0.414. The minimum atomic E-state index is -0.567. The summed E-state index contributed by atoms with van der Waals surface area (Å²) in [4.78, 5) is 26.2. The van der Waals surface area contributed by atoms with Gasteiger partial charge in [-0.2, -0.15) is 0 Å². The molecule has 21 heavy (non-hydrogen) atoms. The van der Waals surface area contributed by atoms with E-state index in [2.05, 4.69) is 5.32 Å². The summed E-state index contributed by atoms with van der Waals surface area (Å²) >= 11 is 11.8. The number of rotatable bonds is 3. The Kier molecular flexibility index (Phi) is 5.48. The van der Waals surface area contributed by atoms with Gasteiger partial charge in [-0.25, -0.2) is 0 Å². The molecule has 1 aromatic carbocycles. The van der Waals surface area contributed by atoms with Crippen LogP contribution in [0.4, 0.5) is 0 Å². The maximum atomic E-state index is 12.3. The number of nitrogens with one attached hydrogen (secondary N) is 1. The normalized spacial score (nSPS) is 16.4. The summed E-state index contributed by atoms with van der Waals surface area (Å²) < 4.78 is 0. The van der Waals surface area contributed by atoms with E-state index in [0.717, 1.165) is 32.4 Å². The highest BCUT2D eigenvalue weighted by atomic mass is 35.5. The van der Waals surface area contributed by atoms with Crippen LogP contribution >= 0.6 is 23.2 Å². The third-order valence-corrected chi connectivity index (χ3v) is 4.11. The molecule has 4 nitrogen and oxygen atoms in total. The number of carbonyl (C=O) groups excluding carboxylic acids is 2. The molecule has 2 amide bonds. The Morgan fingerprint density at radius 3 is 2.48 bits per heavy atom. The van der Waals surface area contributed by atoms with E-state index in [4.69, 9.17) is 23.2 Å². The standard InChI is InChI=1S/C15H18Cl2N2O2/c1-10(15(21)19-7-3-2-4-8-19)18-14(20)12-6-5-11(16)9-13(12)17/h5-6,9-10H,2-4,7-8H2,1H3,(H,18,20)/t10-/m1/s1. The van der Waals surface area contributed by atoms with Crippen molar-refractivity contribution in [3.63, 3.8) is 0 Å². The molecule has 6 heteroatoms. The van der Waals surface area contributed by atoms with Gasteiger partial charge in [-0.1, -0.05) is 23.2 Å². The first-order valence-corrected chi connectivity index (χ1v) is 7.79. The molecule has 0 aliphatic carbocycles. The number of hydrogen-bond acceptors (Lipinski definition) is 2.